The van der Waals surface area contributed by atoms with Gasteiger partial charge in [0, 0.05) is 16.7 Å². The zero-order valence-corrected chi connectivity index (χ0v) is 19.2. The largest absolute Gasteiger partial charge is 0.470 e. The van der Waals surface area contributed by atoms with E-state index in [1.165, 1.54) is 18.2 Å². The van der Waals surface area contributed by atoms with Gasteiger partial charge in [-0.25, -0.2) is 8.96 Å². The third-order valence-corrected chi connectivity index (χ3v) is 9.48. The summed E-state index contributed by atoms with van der Waals surface area (Å²) in [6.45, 7) is 4.00. The Labute approximate surface area is 185 Å². The van der Waals surface area contributed by atoms with Crippen LogP contribution in [0.15, 0.2) is 23.8 Å². The Morgan fingerprint density at radius 2 is 1.97 bits per heavy atom. The van der Waals surface area contributed by atoms with Crippen molar-refractivity contribution in [3.63, 3.8) is 0 Å². The second-order valence-corrected chi connectivity index (χ2v) is 11.6. The van der Waals surface area contributed by atoms with E-state index >= 15 is 4.39 Å². The van der Waals surface area contributed by atoms with Gasteiger partial charge in [0.15, 0.2) is 17.2 Å². The van der Waals surface area contributed by atoms with Crippen molar-refractivity contribution in [3.05, 3.63) is 23.8 Å². The van der Waals surface area contributed by atoms with E-state index in [1.807, 2.05) is 0 Å². The number of hydrogen-bond acceptors (Lipinski definition) is 6. The summed E-state index contributed by atoms with van der Waals surface area (Å²) in [4.78, 5) is 42.8. The van der Waals surface area contributed by atoms with Crippen molar-refractivity contribution in [2.75, 3.05) is 6.61 Å². The SMILES string of the molecule is C[C@@H]1C[C@H]2[C@@H]3CCC4=CC(=O)C=CC4(C)[C@@]3(F)[C@@H](O)C[C@]2(C)[C@@]1(O)C(=O)COP(=O)(O)O. The van der Waals surface area contributed by atoms with Crippen LogP contribution in [-0.4, -0.2) is 55.5 Å². The van der Waals surface area contributed by atoms with Gasteiger partial charge < -0.3 is 20.0 Å². The number of allylic oxidation sites excluding steroid dienone is 4. The molecule has 0 spiro atoms. The number of fused-ring (bicyclic) bond motifs is 5. The fourth-order valence-corrected chi connectivity index (χ4v) is 7.68. The minimum absolute atomic E-state index is 0.211. The first kappa shape index (κ1) is 23.9. The highest BCUT2D eigenvalue weighted by Gasteiger charge is 2.75. The van der Waals surface area contributed by atoms with Gasteiger partial charge in [-0.1, -0.05) is 25.5 Å². The molecule has 10 heteroatoms. The summed E-state index contributed by atoms with van der Waals surface area (Å²) in [6.07, 6.45) is 3.70. The fourth-order valence-electron chi connectivity index (χ4n) is 7.39. The molecule has 4 aliphatic rings. The predicted octanol–water partition coefficient (Wildman–Crippen LogP) is 2.01. The molecule has 0 amide bonds. The molecule has 0 bridgehead atoms. The molecule has 3 fully saturated rings. The zero-order chi connectivity index (χ0) is 23.9. The summed E-state index contributed by atoms with van der Waals surface area (Å²) in [7, 11) is -4.93. The van der Waals surface area contributed by atoms with E-state index < -0.39 is 66.2 Å². The lowest BCUT2D eigenvalue weighted by Gasteiger charge is -2.62. The Kier molecular flexibility index (Phi) is 5.34. The lowest BCUT2D eigenvalue weighted by atomic mass is 9.44. The van der Waals surface area contributed by atoms with E-state index in [0.717, 1.165) is 0 Å². The fraction of sp³-hybridized carbons (Fsp3) is 0.727. The minimum Gasteiger partial charge on any atom is -0.390 e. The third kappa shape index (κ3) is 2.95. The number of ketones is 2. The van der Waals surface area contributed by atoms with Crippen molar-refractivity contribution in [1.29, 1.82) is 0 Å². The van der Waals surface area contributed by atoms with E-state index in [0.29, 0.717) is 24.8 Å². The number of rotatable bonds is 4. The second-order valence-electron chi connectivity index (χ2n) is 10.4. The number of aliphatic hydroxyl groups excluding tert-OH is 1. The molecule has 4 aliphatic carbocycles. The van der Waals surface area contributed by atoms with Crippen LogP contribution < -0.4 is 0 Å². The number of carbonyl (C=O) groups excluding carboxylic acids is 2. The molecule has 0 heterocycles. The van der Waals surface area contributed by atoms with E-state index in [9.17, 15) is 24.4 Å². The van der Waals surface area contributed by atoms with Gasteiger partial charge in [-0.2, -0.15) is 0 Å². The molecular weight excluding hydrogens is 442 g/mol. The first-order valence-corrected chi connectivity index (χ1v) is 12.4. The Bertz CT molecular complexity index is 973. The van der Waals surface area contributed by atoms with Crippen LogP contribution in [0.5, 0.6) is 0 Å². The molecule has 3 saturated carbocycles. The molecule has 32 heavy (non-hydrogen) atoms. The Morgan fingerprint density at radius 1 is 1.31 bits per heavy atom. The van der Waals surface area contributed by atoms with Crippen LogP contribution in [0.1, 0.15) is 46.5 Å². The topological polar surface area (TPSA) is 141 Å². The maximum absolute atomic E-state index is 17.0. The van der Waals surface area contributed by atoms with Crippen LogP contribution in [0.4, 0.5) is 4.39 Å². The summed E-state index contributed by atoms with van der Waals surface area (Å²) in [5.41, 5.74) is -5.88. The maximum Gasteiger partial charge on any atom is 0.470 e. The molecule has 0 aliphatic heterocycles. The van der Waals surface area contributed by atoms with Gasteiger partial charge in [-0.3, -0.25) is 14.1 Å². The van der Waals surface area contributed by atoms with Crippen LogP contribution in [0.25, 0.3) is 0 Å². The monoisotopic (exact) mass is 472 g/mol. The highest BCUT2D eigenvalue weighted by molar-refractivity contribution is 7.46. The van der Waals surface area contributed by atoms with Gasteiger partial charge in [0.05, 0.1) is 6.10 Å². The molecular formula is C22H30FO8P. The predicted molar refractivity (Wildman–Crippen MR) is 111 cm³/mol. The lowest BCUT2D eigenvalue weighted by Crippen LogP contribution is -2.69. The van der Waals surface area contributed by atoms with Gasteiger partial charge in [0.25, 0.3) is 0 Å². The molecule has 8 nitrogen and oxygen atoms in total. The smallest absolute Gasteiger partial charge is 0.390 e. The van der Waals surface area contributed by atoms with Crippen LogP contribution in [0, 0.1) is 28.6 Å². The van der Waals surface area contributed by atoms with Crippen molar-refractivity contribution in [3.8, 4) is 0 Å². The summed E-state index contributed by atoms with van der Waals surface area (Å²) in [5, 5.41) is 22.8. The highest BCUT2D eigenvalue weighted by atomic mass is 31.2. The summed E-state index contributed by atoms with van der Waals surface area (Å²) in [5.74, 6) is -2.87. The molecule has 0 aromatic carbocycles. The standard InChI is InChI=1S/C22H30FO8P/c1-12-8-16-15-5-4-13-9-14(24)6-7-19(13,2)21(15,23)17(25)10-20(16,3)22(12,27)18(26)11-31-32(28,29)30/h6-7,9,12,15-17,25,27H,4-5,8,10-11H2,1-3H3,(H2,28,29,30)/t12-,15+,16+,17+,19?,20+,21+,22+/m1/s1. The number of phosphoric ester groups is 1. The molecule has 0 saturated heterocycles. The van der Waals surface area contributed by atoms with Crippen molar-refractivity contribution in [1.82, 2.24) is 0 Å². The summed E-state index contributed by atoms with van der Waals surface area (Å²) >= 11 is 0. The van der Waals surface area contributed by atoms with Gasteiger partial charge in [-0.15, -0.1) is 0 Å². The number of phosphoric acid groups is 1. The average Bonchev–Trinajstić information content (AvgIpc) is 2.89. The Hall–Kier alpha value is -1.22. The van der Waals surface area contributed by atoms with Crippen molar-refractivity contribution in [2.45, 2.75) is 63.8 Å². The first-order valence-electron chi connectivity index (χ1n) is 10.9. The molecule has 1 unspecified atom stereocenters. The van der Waals surface area contributed by atoms with Crippen LogP contribution in [0.2, 0.25) is 0 Å². The van der Waals surface area contributed by atoms with E-state index in [1.54, 1.807) is 20.8 Å². The van der Waals surface area contributed by atoms with Crippen LogP contribution >= 0.6 is 7.82 Å². The quantitative estimate of drug-likeness (QED) is 0.456. The molecule has 4 N–H and O–H groups in total. The zero-order valence-electron chi connectivity index (χ0n) is 18.3. The number of aliphatic hydroxyl groups is 2. The molecule has 0 aromatic rings. The lowest BCUT2D eigenvalue weighted by molar-refractivity contribution is -0.219. The molecule has 0 aromatic heterocycles. The van der Waals surface area contributed by atoms with E-state index in [-0.39, 0.29) is 12.2 Å². The molecule has 0 radical (unpaired) electrons. The van der Waals surface area contributed by atoms with E-state index in [2.05, 4.69) is 4.52 Å². The van der Waals surface area contributed by atoms with Gasteiger partial charge >= 0.3 is 7.82 Å². The Balaban J connectivity index is 1.74. The summed E-state index contributed by atoms with van der Waals surface area (Å²) < 4.78 is 32.5. The molecule has 178 valence electrons. The Morgan fingerprint density at radius 3 is 2.59 bits per heavy atom. The maximum atomic E-state index is 17.0. The van der Waals surface area contributed by atoms with Gasteiger partial charge in [0.1, 0.15) is 12.2 Å². The number of carbonyl (C=O) groups is 2. The highest BCUT2D eigenvalue weighted by Crippen LogP contribution is 2.70. The van der Waals surface area contributed by atoms with Gasteiger partial charge in [-0.05, 0) is 56.6 Å². The molecule has 8 atom stereocenters. The van der Waals surface area contributed by atoms with Crippen molar-refractivity contribution >= 4 is 19.4 Å². The van der Waals surface area contributed by atoms with Crippen LogP contribution in [0.3, 0.4) is 0 Å². The number of hydrogen-bond donors (Lipinski definition) is 4. The van der Waals surface area contributed by atoms with E-state index in [4.69, 9.17) is 9.79 Å². The third-order valence-electron chi connectivity index (χ3n) is 9.01. The summed E-state index contributed by atoms with van der Waals surface area (Å²) in [6, 6.07) is 0. The number of Topliss-reactive ketones (excluding diaryl/α,β-unsaturated/α-hetero) is 1. The average molecular weight is 472 g/mol. The number of alkyl halides is 1. The molecule has 4 rings (SSSR count). The van der Waals surface area contributed by atoms with Gasteiger partial charge in [0.2, 0.25) is 0 Å². The minimum atomic E-state index is -4.93. The second kappa shape index (κ2) is 7.14. The first-order chi connectivity index (χ1) is 14.6. The van der Waals surface area contributed by atoms with Crippen molar-refractivity contribution in [2.24, 2.45) is 28.6 Å². The number of halogens is 1. The van der Waals surface area contributed by atoms with Crippen LogP contribution in [-0.2, 0) is 18.7 Å². The van der Waals surface area contributed by atoms with Crippen molar-refractivity contribution < 1.29 is 43.1 Å². The normalized spacial score (nSPS) is 48.0.